The second kappa shape index (κ2) is 7.34. The molecule has 0 aliphatic heterocycles. The molecule has 168 valence electrons. The Kier molecular flexibility index (Phi) is 2.21. The number of furan rings is 2. The van der Waals surface area contributed by atoms with Crippen molar-refractivity contribution in [2.45, 2.75) is 0 Å². The van der Waals surface area contributed by atoms with Gasteiger partial charge in [0.2, 0.25) is 0 Å². The average molecular weight is 474 g/mol. The van der Waals surface area contributed by atoms with Gasteiger partial charge in [-0.2, -0.15) is 0 Å². The first kappa shape index (κ1) is 10.8. The predicted octanol–water partition coefficient (Wildman–Crippen LogP) is 9.97. The van der Waals surface area contributed by atoms with E-state index in [1.54, 1.807) is 12.1 Å². The van der Waals surface area contributed by atoms with Crippen molar-refractivity contribution in [2.75, 3.05) is 0 Å². The van der Waals surface area contributed by atoms with Crippen molar-refractivity contribution >= 4 is 54.5 Å². The normalized spacial score (nSPS) is 16.9. The molecule has 0 atom stereocenters. The van der Waals surface area contributed by atoms with Gasteiger partial charge in [0.15, 0.2) is 0 Å². The van der Waals surface area contributed by atoms with Crippen molar-refractivity contribution in [1.82, 2.24) is 0 Å². The van der Waals surface area contributed by atoms with Crippen molar-refractivity contribution in [3.63, 3.8) is 0 Å². The number of fused-ring (bicyclic) bond motifs is 6. The monoisotopic (exact) mass is 473 g/mol. The lowest BCUT2D eigenvalue weighted by molar-refractivity contribution is 0.629. The molecule has 6 aromatic carbocycles. The minimum Gasteiger partial charge on any atom is -0.456 e. The van der Waals surface area contributed by atoms with E-state index in [0.717, 1.165) is 10.8 Å². The molecule has 8 rings (SSSR count). The molecule has 36 heavy (non-hydrogen) atoms. The summed E-state index contributed by atoms with van der Waals surface area (Å²) in [6.07, 6.45) is 0. The zero-order chi connectivity index (χ0) is 35.0. The summed E-state index contributed by atoms with van der Waals surface area (Å²) in [7, 11) is 0. The summed E-state index contributed by atoms with van der Waals surface area (Å²) >= 11 is 0. The van der Waals surface area contributed by atoms with Crippen molar-refractivity contribution in [1.29, 1.82) is 0 Å². The molecule has 0 bridgehead atoms. The van der Waals surface area contributed by atoms with Crippen LogP contribution in [0.25, 0.3) is 76.9 Å². The molecule has 0 aliphatic carbocycles. The quantitative estimate of drug-likeness (QED) is 0.233. The van der Waals surface area contributed by atoms with Crippen LogP contribution in [-0.4, -0.2) is 0 Å². The molecule has 0 saturated heterocycles. The van der Waals surface area contributed by atoms with E-state index in [2.05, 4.69) is 0 Å². The van der Waals surface area contributed by atoms with Gasteiger partial charge in [-0.1, -0.05) is 96.8 Å². The Hall–Kier alpha value is -4.82. The van der Waals surface area contributed by atoms with Gasteiger partial charge in [-0.3, -0.25) is 0 Å². The van der Waals surface area contributed by atoms with E-state index in [9.17, 15) is 0 Å². The molecular weight excluding hydrogens is 440 g/mol. The lowest BCUT2D eigenvalue weighted by Gasteiger charge is -2.16. The molecule has 0 saturated carbocycles. The topological polar surface area (TPSA) is 26.3 Å². The van der Waals surface area contributed by atoms with E-state index in [-0.39, 0.29) is 38.4 Å². The maximum atomic E-state index is 9.08. The highest BCUT2D eigenvalue weighted by Gasteiger charge is 2.19. The van der Waals surface area contributed by atoms with Gasteiger partial charge >= 0.3 is 0 Å². The highest BCUT2D eigenvalue weighted by molar-refractivity contribution is 6.21. The van der Waals surface area contributed by atoms with Gasteiger partial charge in [-0.05, 0) is 50.9 Å². The third-order valence-electron chi connectivity index (χ3n) is 6.39. The first-order valence-electron chi connectivity index (χ1n) is 17.6. The van der Waals surface area contributed by atoms with Crippen LogP contribution in [0.4, 0.5) is 0 Å². The number of hydrogen-bond acceptors (Lipinski definition) is 2. The molecule has 2 nitrogen and oxygen atoms in total. The van der Waals surface area contributed by atoms with Crippen molar-refractivity contribution in [2.24, 2.45) is 0 Å². The Morgan fingerprint density at radius 2 is 1.11 bits per heavy atom. The summed E-state index contributed by atoms with van der Waals surface area (Å²) in [5, 5.41) is 1.20. The van der Waals surface area contributed by atoms with E-state index in [0.29, 0.717) is 22.1 Å². The molecule has 0 amide bonds. The van der Waals surface area contributed by atoms with Gasteiger partial charge in [-0.25, -0.2) is 0 Å². The number of para-hydroxylation sites is 1. The summed E-state index contributed by atoms with van der Waals surface area (Å²) < 4.78 is 125. The Morgan fingerprint density at radius 1 is 0.472 bits per heavy atom. The van der Waals surface area contributed by atoms with Crippen molar-refractivity contribution < 1.29 is 26.7 Å². The van der Waals surface area contributed by atoms with Gasteiger partial charge in [0, 0.05) is 27.8 Å². The third kappa shape index (κ3) is 2.73. The van der Waals surface area contributed by atoms with Crippen LogP contribution in [0.15, 0.2) is 130 Å². The zero-order valence-corrected chi connectivity index (χ0v) is 18.4. The lowest BCUT2D eigenvalue weighted by Crippen LogP contribution is -1.89. The van der Waals surface area contributed by atoms with Crippen LogP contribution in [0.1, 0.15) is 17.8 Å². The SMILES string of the molecule is [2H]c1c([2H])c([2H])c(-c2c3c([2H])c([2H])c([2H])c([2H])c3c(-c3cc4cc5c(cc4o3)oc3ccccc35)c3c([2H])c([2H])c([2H])c([2H])c23)c([2H])c1[2H]. The zero-order valence-electron chi connectivity index (χ0n) is 31.4. The minimum atomic E-state index is -0.725. The largest absolute Gasteiger partial charge is 0.456 e. The van der Waals surface area contributed by atoms with E-state index in [1.165, 1.54) is 0 Å². The summed E-state index contributed by atoms with van der Waals surface area (Å²) in [6.45, 7) is 0. The van der Waals surface area contributed by atoms with Crippen LogP contribution >= 0.6 is 0 Å². The standard InChI is InChI=1S/C34H20O2/c1-2-10-21(11-3-1)33-24-13-4-6-15-26(24)34(27-16-7-5-14-25(27)33)32-19-22-18-28-23-12-8-9-17-29(23)35-31(28)20-30(22)36-32/h1-20H/i1D,2D,3D,4D,5D,6D,7D,10D,11D,13D,14D,15D,16D. The summed E-state index contributed by atoms with van der Waals surface area (Å²) in [4.78, 5) is 0. The second-order valence-corrected chi connectivity index (χ2v) is 8.35. The van der Waals surface area contributed by atoms with Crippen LogP contribution in [0, 0.1) is 0 Å². The maximum Gasteiger partial charge on any atom is 0.139 e. The average Bonchev–Trinajstić information content (AvgIpc) is 3.67. The molecular formula is C34H20O2. The summed E-state index contributed by atoms with van der Waals surface area (Å²) in [5.41, 5.74) is 0.628. The molecule has 0 radical (unpaired) electrons. The summed E-state index contributed by atoms with van der Waals surface area (Å²) in [6, 6.07) is 3.92. The number of rotatable bonds is 2. The fourth-order valence-corrected chi connectivity index (χ4v) is 4.88. The van der Waals surface area contributed by atoms with Gasteiger partial charge in [0.25, 0.3) is 0 Å². The molecule has 2 aromatic heterocycles. The Labute approximate surface area is 225 Å². The van der Waals surface area contributed by atoms with Crippen LogP contribution in [0.5, 0.6) is 0 Å². The third-order valence-corrected chi connectivity index (χ3v) is 6.39. The van der Waals surface area contributed by atoms with E-state index >= 15 is 0 Å². The van der Waals surface area contributed by atoms with E-state index < -0.39 is 84.1 Å². The van der Waals surface area contributed by atoms with Gasteiger partial charge in [0.05, 0.1) is 17.8 Å². The smallest absolute Gasteiger partial charge is 0.139 e. The van der Waals surface area contributed by atoms with Gasteiger partial charge < -0.3 is 8.83 Å². The van der Waals surface area contributed by atoms with Gasteiger partial charge in [-0.15, -0.1) is 0 Å². The first-order valence-corrected chi connectivity index (χ1v) is 11.1. The van der Waals surface area contributed by atoms with Crippen LogP contribution in [-0.2, 0) is 0 Å². The predicted molar refractivity (Wildman–Crippen MR) is 149 cm³/mol. The first-order chi connectivity index (χ1) is 23.2. The molecule has 0 unspecified atom stereocenters. The Bertz CT molecular complexity index is 2710. The molecule has 0 aliphatic rings. The highest BCUT2D eigenvalue weighted by atomic mass is 16.3. The second-order valence-electron chi connectivity index (χ2n) is 8.35. The lowest BCUT2D eigenvalue weighted by atomic mass is 9.87. The molecule has 0 N–H and O–H groups in total. The molecule has 0 fully saturated rings. The Morgan fingerprint density at radius 3 is 1.83 bits per heavy atom. The highest BCUT2D eigenvalue weighted by Crippen LogP contribution is 2.45. The van der Waals surface area contributed by atoms with Crippen LogP contribution < -0.4 is 0 Å². The Balaban J connectivity index is 1.65. The van der Waals surface area contributed by atoms with Gasteiger partial charge in [0.1, 0.15) is 22.5 Å². The molecule has 2 heterocycles. The fourth-order valence-electron chi connectivity index (χ4n) is 4.88. The van der Waals surface area contributed by atoms with Crippen LogP contribution in [0.3, 0.4) is 0 Å². The molecule has 8 aromatic rings. The maximum absolute atomic E-state index is 9.08. The minimum absolute atomic E-state index is 0.0182. The summed E-state index contributed by atoms with van der Waals surface area (Å²) in [5.74, 6) is 0.0182. The van der Waals surface area contributed by atoms with Crippen LogP contribution in [0.2, 0.25) is 0 Å². The molecule has 0 spiro atoms. The van der Waals surface area contributed by atoms with E-state index in [4.69, 9.17) is 26.7 Å². The van der Waals surface area contributed by atoms with Crippen molar-refractivity contribution in [3.8, 4) is 22.5 Å². The van der Waals surface area contributed by atoms with Crippen molar-refractivity contribution in [3.05, 3.63) is 121 Å². The van der Waals surface area contributed by atoms with E-state index in [1.807, 2.05) is 30.3 Å². The number of benzene rings is 6. The fraction of sp³-hybridized carbons (Fsp3) is 0. The number of hydrogen-bond donors (Lipinski definition) is 0. The molecule has 2 heteroatoms.